The van der Waals surface area contributed by atoms with E-state index in [2.05, 4.69) is 15.5 Å². The van der Waals surface area contributed by atoms with E-state index in [1.807, 2.05) is 24.3 Å². The van der Waals surface area contributed by atoms with Crippen LogP contribution in [0.2, 0.25) is 0 Å². The molecule has 2 rings (SSSR count). The molecule has 0 aliphatic carbocycles. The highest BCUT2D eigenvalue weighted by Crippen LogP contribution is 2.12. The van der Waals surface area contributed by atoms with E-state index in [0.717, 1.165) is 0 Å². The summed E-state index contributed by atoms with van der Waals surface area (Å²) in [4.78, 5) is 4.04. The maximum atomic E-state index is 9.47. The first kappa shape index (κ1) is 10.2. The summed E-state index contributed by atoms with van der Waals surface area (Å²) in [5, 5.41) is 13.4. The van der Waals surface area contributed by atoms with E-state index >= 15 is 0 Å². The Bertz CT molecular complexity index is 483. The fourth-order valence-corrected chi connectivity index (χ4v) is 1.19. The van der Waals surface area contributed by atoms with Crippen molar-refractivity contribution in [3.8, 4) is 5.75 Å². The SMILES string of the molecule is Oc1ccccc1C=NNc1ccccn1. The van der Waals surface area contributed by atoms with Crippen molar-refractivity contribution in [3.63, 3.8) is 0 Å². The van der Waals surface area contributed by atoms with Crippen LogP contribution in [0.15, 0.2) is 53.8 Å². The number of aromatic nitrogens is 1. The predicted octanol–water partition coefficient (Wildman–Crippen LogP) is 2.23. The molecule has 0 unspecified atom stereocenters. The van der Waals surface area contributed by atoms with Gasteiger partial charge in [-0.05, 0) is 24.3 Å². The second kappa shape index (κ2) is 4.93. The maximum absolute atomic E-state index is 9.47. The van der Waals surface area contributed by atoms with Crippen molar-refractivity contribution in [3.05, 3.63) is 54.2 Å². The molecule has 80 valence electrons. The number of phenolic OH excluding ortho intramolecular Hbond substituents is 1. The number of pyridine rings is 1. The van der Waals surface area contributed by atoms with Crippen LogP contribution < -0.4 is 5.43 Å². The largest absolute Gasteiger partial charge is 0.507 e. The molecule has 2 N–H and O–H groups in total. The van der Waals surface area contributed by atoms with Crippen molar-refractivity contribution in [2.45, 2.75) is 0 Å². The van der Waals surface area contributed by atoms with E-state index < -0.39 is 0 Å². The van der Waals surface area contributed by atoms with E-state index in [9.17, 15) is 5.11 Å². The van der Waals surface area contributed by atoms with Crippen LogP contribution in [-0.4, -0.2) is 16.3 Å². The molecule has 4 heteroatoms. The maximum Gasteiger partial charge on any atom is 0.146 e. The van der Waals surface area contributed by atoms with Gasteiger partial charge in [0.05, 0.1) is 6.21 Å². The Morgan fingerprint density at radius 3 is 2.69 bits per heavy atom. The first-order valence-corrected chi connectivity index (χ1v) is 4.84. The topological polar surface area (TPSA) is 57.5 Å². The van der Waals surface area contributed by atoms with E-state index in [1.54, 1.807) is 30.6 Å². The zero-order valence-corrected chi connectivity index (χ0v) is 8.54. The minimum Gasteiger partial charge on any atom is -0.507 e. The van der Waals surface area contributed by atoms with E-state index in [-0.39, 0.29) is 5.75 Å². The zero-order chi connectivity index (χ0) is 11.2. The minimum atomic E-state index is 0.203. The number of aromatic hydroxyl groups is 1. The van der Waals surface area contributed by atoms with Crippen LogP contribution in [0.3, 0.4) is 0 Å². The lowest BCUT2D eigenvalue weighted by atomic mass is 10.2. The van der Waals surface area contributed by atoms with Crippen molar-refractivity contribution >= 4 is 12.0 Å². The van der Waals surface area contributed by atoms with Crippen LogP contribution in [-0.2, 0) is 0 Å². The number of hydrazone groups is 1. The standard InChI is InChI=1S/C12H11N3O/c16-11-6-2-1-5-10(11)9-14-15-12-7-3-4-8-13-12/h1-9,16H,(H,13,15). The van der Waals surface area contributed by atoms with Gasteiger partial charge in [0.1, 0.15) is 11.6 Å². The number of nitrogens with one attached hydrogen (secondary N) is 1. The molecule has 0 aliphatic rings. The molecule has 1 aromatic carbocycles. The zero-order valence-electron chi connectivity index (χ0n) is 8.54. The molecule has 0 saturated heterocycles. The van der Waals surface area contributed by atoms with Crippen molar-refractivity contribution in [2.24, 2.45) is 5.10 Å². The molecule has 1 heterocycles. The molecule has 16 heavy (non-hydrogen) atoms. The van der Waals surface area contributed by atoms with Crippen LogP contribution in [0.5, 0.6) is 5.75 Å². The van der Waals surface area contributed by atoms with Crippen molar-refractivity contribution < 1.29 is 5.11 Å². The fourth-order valence-electron chi connectivity index (χ4n) is 1.19. The first-order valence-electron chi connectivity index (χ1n) is 4.84. The lowest BCUT2D eigenvalue weighted by molar-refractivity contribution is 0.474. The molecule has 1 aromatic heterocycles. The summed E-state index contributed by atoms with van der Waals surface area (Å²) in [6.45, 7) is 0. The van der Waals surface area contributed by atoms with E-state index in [1.165, 1.54) is 0 Å². The van der Waals surface area contributed by atoms with Crippen molar-refractivity contribution in [1.29, 1.82) is 0 Å². The number of phenols is 1. The van der Waals surface area contributed by atoms with E-state index in [0.29, 0.717) is 11.4 Å². The number of para-hydroxylation sites is 1. The molecular formula is C12H11N3O. The van der Waals surface area contributed by atoms with Gasteiger partial charge in [-0.15, -0.1) is 0 Å². The molecular weight excluding hydrogens is 202 g/mol. The highest BCUT2D eigenvalue weighted by Gasteiger charge is 1.94. The van der Waals surface area contributed by atoms with Crippen LogP contribution in [0, 0.1) is 0 Å². The molecule has 0 saturated carbocycles. The molecule has 0 fully saturated rings. The summed E-state index contributed by atoms with van der Waals surface area (Å²) in [6.07, 6.45) is 3.22. The average molecular weight is 213 g/mol. The summed E-state index contributed by atoms with van der Waals surface area (Å²) in [7, 11) is 0. The number of nitrogens with zero attached hydrogens (tertiary/aromatic N) is 2. The van der Waals surface area contributed by atoms with Crippen LogP contribution in [0.1, 0.15) is 5.56 Å². The van der Waals surface area contributed by atoms with Crippen molar-refractivity contribution in [1.82, 2.24) is 4.98 Å². The molecule has 0 spiro atoms. The molecule has 0 bridgehead atoms. The van der Waals surface area contributed by atoms with Gasteiger partial charge in [-0.2, -0.15) is 5.10 Å². The molecule has 0 aliphatic heterocycles. The van der Waals surface area contributed by atoms with Crippen molar-refractivity contribution in [2.75, 3.05) is 5.43 Å². The van der Waals surface area contributed by atoms with Gasteiger partial charge in [0.2, 0.25) is 0 Å². The average Bonchev–Trinajstić information content (AvgIpc) is 2.33. The number of hydrogen-bond acceptors (Lipinski definition) is 4. The van der Waals surface area contributed by atoms with Gasteiger partial charge in [0.15, 0.2) is 0 Å². The second-order valence-corrected chi connectivity index (χ2v) is 3.14. The smallest absolute Gasteiger partial charge is 0.146 e. The quantitative estimate of drug-likeness (QED) is 0.607. The number of rotatable bonds is 3. The lowest BCUT2D eigenvalue weighted by Gasteiger charge is -1.98. The Hall–Kier alpha value is -2.36. The Morgan fingerprint density at radius 1 is 1.12 bits per heavy atom. The minimum absolute atomic E-state index is 0.203. The van der Waals surface area contributed by atoms with Gasteiger partial charge in [-0.1, -0.05) is 18.2 Å². The monoisotopic (exact) mass is 213 g/mol. The molecule has 4 nitrogen and oxygen atoms in total. The summed E-state index contributed by atoms with van der Waals surface area (Å²) < 4.78 is 0. The van der Waals surface area contributed by atoms with Gasteiger partial charge in [0.25, 0.3) is 0 Å². The summed E-state index contributed by atoms with van der Waals surface area (Å²) in [6, 6.07) is 12.5. The lowest BCUT2D eigenvalue weighted by Crippen LogP contribution is -1.92. The second-order valence-electron chi connectivity index (χ2n) is 3.14. The van der Waals surface area contributed by atoms with Gasteiger partial charge in [-0.3, -0.25) is 5.43 Å². The molecule has 0 atom stereocenters. The molecule has 0 amide bonds. The number of hydrogen-bond donors (Lipinski definition) is 2. The summed E-state index contributed by atoms with van der Waals surface area (Å²) >= 11 is 0. The predicted molar refractivity (Wildman–Crippen MR) is 63.6 cm³/mol. The highest BCUT2D eigenvalue weighted by atomic mass is 16.3. The third kappa shape index (κ3) is 2.57. The Morgan fingerprint density at radius 2 is 1.94 bits per heavy atom. The fraction of sp³-hybridized carbons (Fsp3) is 0. The van der Waals surface area contributed by atoms with Crippen LogP contribution >= 0.6 is 0 Å². The normalized spacial score (nSPS) is 10.5. The summed E-state index contributed by atoms with van der Waals surface area (Å²) in [5.41, 5.74) is 3.43. The number of anilines is 1. The third-order valence-electron chi connectivity index (χ3n) is 1.98. The molecule has 2 aromatic rings. The van der Waals surface area contributed by atoms with E-state index in [4.69, 9.17) is 0 Å². The Labute approximate surface area is 93.3 Å². The Balaban J connectivity index is 2.03. The van der Waals surface area contributed by atoms with Gasteiger partial charge in [0, 0.05) is 11.8 Å². The van der Waals surface area contributed by atoms with Gasteiger partial charge < -0.3 is 5.11 Å². The van der Waals surface area contributed by atoms with Gasteiger partial charge in [-0.25, -0.2) is 4.98 Å². The first-order chi connectivity index (χ1) is 7.86. The Kier molecular flexibility index (Phi) is 3.13. The third-order valence-corrected chi connectivity index (χ3v) is 1.98. The van der Waals surface area contributed by atoms with Crippen LogP contribution in [0.4, 0.5) is 5.82 Å². The molecule has 0 radical (unpaired) electrons. The van der Waals surface area contributed by atoms with Crippen LogP contribution in [0.25, 0.3) is 0 Å². The highest BCUT2D eigenvalue weighted by molar-refractivity contribution is 5.83. The summed E-state index contributed by atoms with van der Waals surface area (Å²) in [5.74, 6) is 0.864. The number of benzene rings is 1. The van der Waals surface area contributed by atoms with Gasteiger partial charge >= 0.3 is 0 Å².